The van der Waals surface area contributed by atoms with Crippen molar-refractivity contribution >= 4 is 41.5 Å². The van der Waals surface area contributed by atoms with Crippen LogP contribution < -0.4 is 15.5 Å². The minimum atomic E-state index is -0.270. The van der Waals surface area contributed by atoms with E-state index in [0.29, 0.717) is 35.3 Å². The molecule has 0 bridgehead atoms. The van der Waals surface area contributed by atoms with Crippen molar-refractivity contribution < 1.29 is 9.59 Å². The molecule has 188 valence electrons. The Labute approximate surface area is 213 Å². The summed E-state index contributed by atoms with van der Waals surface area (Å²) in [5, 5.41) is 5.98. The Morgan fingerprint density at radius 2 is 1.83 bits per heavy atom. The van der Waals surface area contributed by atoms with Crippen LogP contribution in [0.15, 0.2) is 42.6 Å². The summed E-state index contributed by atoms with van der Waals surface area (Å²) in [6, 6.07) is 11.0. The average Bonchev–Trinajstić information content (AvgIpc) is 2.99. The monoisotopic (exact) mass is 498 g/mol. The SMILES string of the molecule is Cl.O=C1Nc2cccnc2N(C(=O)NCCN2CCCCC2CN2CCCCC2)c2ccccc21. The van der Waals surface area contributed by atoms with Crippen LogP contribution in [0, 0.1) is 0 Å². The van der Waals surface area contributed by atoms with Gasteiger partial charge in [0, 0.05) is 31.9 Å². The van der Waals surface area contributed by atoms with E-state index in [1.807, 2.05) is 6.07 Å². The molecule has 5 rings (SSSR count). The van der Waals surface area contributed by atoms with E-state index in [-0.39, 0.29) is 24.3 Å². The van der Waals surface area contributed by atoms with Gasteiger partial charge >= 0.3 is 6.03 Å². The van der Waals surface area contributed by atoms with E-state index in [0.717, 1.165) is 19.6 Å². The Morgan fingerprint density at radius 1 is 1.03 bits per heavy atom. The van der Waals surface area contributed by atoms with Gasteiger partial charge in [-0.1, -0.05) is 25.0 Å². The van der Waals surface area contributed by atoms with E-state index < -0.39 is 0 Å². The molecule has 1 aromatic heterocycles. The van der Waals surface area contributed by atoms with Crippen molar-refractivity contribution in [3.05, 3.63) is 48.2 Å². The van der Waals surface area contributed by atoms with Crippen molar-refractivity contribution in [2.24, 2.45) is 0 Å². The molecule has 3 aliphatic heterocycles. The van der Waals surface area contributed by atoms with Gasteiger partial charge in [0.15, 0.2) is 5.82 Å². The predicted octanol–water partition coefficient (Wildman–Crippen LogP) is 4.26. The lowest BCUT2D eigenvalue weighted by Crippen LogP contribution is -2.50. The van der Waals surface area contributed by atoms with Crippen LogP contribution in [-0.4, -0.2) is 72.0 Å². The number of hydrogen-bond acceptors (Lipinski definition) is 5. The molecule has 0 saturated carbocycles. The number of hydrogen-bond donors (Lipinski definition) is 2. The van der Waals surface area contributed by atoms with E-state index >= 15 is 0 Å². The molecule has 1 unspecified atom stereocenters. The molecule has 0 radical (unpaired) electrons. The zero-order valence-electron chi connectivity index (χ0n) is 20.1. The number of nitrogens with one attached hydrogen (secondary N) is 2. The number of halogens is 1. The standard InChI is InChI=1S/C26H34N6O2.ClH/c33-25-21-10-2-3-12-23(21)32(24-22(29-25)11-8-13-27-24)26(34)28-14-18-31-17-7-4-9-20(31)19-30-15-5-1-6-16-30;/h2-3,8,10-13,20H,1,4-7,9,14-19H2,(H,28,34)(H,29,33);1H. The fraction of sp³-hybridized carbons (Fsp3) is 0.500. The summed E-state index contributed by atoms with van der Waals surface area (Å²) < 4.78 is 0. The molecule has 35 heavy (non-hydrogen) atoms. The lowest BCUT2D eigenvalue weighted by atomic mass is 10.0. The fourth-order valence-electron chi connectivity index (χ4n) is 5.43. The largest absolute Gasteiger partial charge is 0.336 e. The smallest absolute Gasteiger partial charge is 0.327 e. The van der Waals surface area contributed by atoms with Crippen molar-refractivity contribution in [3.8, 4) is 0 Å². The topological polar surface area (TPSA) is 80.8 Å². The van der Waals surface area contributed by atoms with Crippen LogP contribution in [0.2, 0.25) is 0 Å². The van der Waals surface area contributed by atoms with E-state index in [4.69, 9.17) is 0 Å². The normalized spacial score (nSPS) is 20.6. The molecule has 9 heteroatoms. The van der Waals surface area contributed by atoms with Gasteiger partial charge in [-0.05, 0) is 69.6 Å². The molecule has 1 atom stereocenters. The van der Waals surface area contributed by atoms with Crippen LogP contribution in [0.1, 0.15) is 48.9 Å². The second-order valence-electron chi connectivity index (χ2n) is 9.46. The Hall–Kier alpha value is -2.68. The number of pyridine rings is 1. The number of amides is 3. The zero-order valence-corrected chi connectivity index (χ0v) is 20.9. The zero-order chi connectivity index (χ0) is 23.3. The first-order valence-electron chi connectivity index (χ1n) is 12.6. The molecule has 0 spiro atoms. The molecule has 0 aliphatic carbocycles. The molecule has 4 heterocycles. The Bertz CT molecular complexity index is 1030. The van der Waals surface area contributed by atoms with Gasteiger partial charge in [-0.15, -0.1) is 12.4 Å². The molecule has 8 nitrogen and oxygen atoms in total. The summed E-state index contributed by atoms with van der Waals surface area (Å²) in [4.78, 5) is 37.3. The molecule has 2 N–H and O–H groups in total. The molecule has 2 fully saturated rings. The number of fused-ring (bicyclic) bond motifs is 2. The third-order valence-corrected chi connectivity index (χ3v) is 7.18. The molecule has 1 aromatic carbocycles. The van der Waals surface area contributed by atoms with Crippen molar-refractivity contribution in [2.45, 2.75) is 44.6 Å². The van der Waals surface area contributed by atoms with Gasteiger partial charge < -0.3 is 15.5 Å². The van der Waals surface area contributed by atoms with Crippen LogP contribution in [0.4, 0.5) is 22.0 Å². The minimum Gasteiger partial charge on any atom is -0.336 e. The minimum absolute atomic E-state index is 0. The summed E-state index contributed by atoms with van der Waals surface area (Å²) in [6.07, 6.45) is 9.35. The van der Waals surface area contributed by atoms with Crippen molar-refractivity contribution in [2.75, 3.05) is 49.5 Å². The molecule has 3 amide bonds. The molecule has 2 aromatic rings. The van der Waals surface area contributed by atoms with E-state index in [2.05, 4.69) is 25.4 Å². The van der Waals surface area contributed by atoms with Crippen LogP contribution in [0.5, 0.6) is 0 Å². The van der Waals surface area contributed by atoms with Crippen molar-refractivity contribution in [1.29, 1.82) is 0 Å². The van der Waals surface area contributed by atoms with Crippen LogP contribution in [-0.2, 0) is 0 Å². The number of likely N-dealkylation sites (tertiary alicyclic amines) is 2. The van der Waals surface area contributed by atoms with Gasteiger partial charge in [-0.3, -0.25) is 9.69 Å². The van der Waals surface area contributed by atoms with Crippen molar-refractivity contribution in [1.82, 2.24) is 20.1 Å². The quantitative estimate of drug-likeness (QED) is 0.644. The first-order chi connectivity index (χ1) is 16.7. The Balaban J connectivity index is 0.00000289. The van der Waals surface area contributed by atoms with Gasteiger partial charge in [0.2, 0.25) is 0 Å². The second-order valence-corrected chi connectivity index (χ2v) is 9.46. The number of carbonyl (C=O) groups excluding carboxylic acids is 2. The maximum atomic E-state index is 13.4. The lowest BCUT2D eigenvalue weighted by molar-refractivity contribution is 0.0965. The fourth-order valence-corrected chi connectivity index (χ4v) is 5.43. The number of aromatic nitrogens is 1. The number of nitrogens with zero attached hydrogens (tertiary/aromatic N) is 4. The summed E-state index contributed by atoms with van der Waals surface area (Å²) in [5.41, 5.74) is 1.51. The maximum Gasteiger partial charge on any atom is 0.327 e. The van der Waals surface area contributed by atoms with Gasteiger partial charge in [-0.25, -0.2) is 14.7 Å². The third-order valence-electron chi connectivity index (χ3n) is 7.18. The lowest BCUT2D eigenvalue weighted by Gasteiger charge is -2.39. The summed E-state index contributed by atoms with van der Waals surface area (Å²) in [7, 11) is 0. The number of piperidine rings is 2. The van der Waals surface area contributed by atoms with Gasteiger partial charge in [-0.2, -0.15) is 0 Å². The molecular formula is C26H35ClN6O2. The number of benzene rings is 1. The van der Waals surface area contributed by atoms with Crippen LogP contribution in [0.3, 0.4) is 0 Å². The maximum absolute atomic E-state index is 13.4. The molecular weight excluding hydrogens is 464 g/mol. The van der Waals surface area contributed by atoms with Crippen LogP contribution in [0.25, 0.3) is 0 Å². The summed E-state index contributed by atoms with van der Waals surface area (Å²) in [6.45, 7) is 6.04. The van der Waals surface area contributed by atoms with Crippen LogP contribution >= 0.6 is 12.4 Å². The number of rotatable bonds is 5. The third kappa shape index (κ3) is 5.77. The first kappa shape index (κ1) is 25.4. The second kappa shape index (κ2) is 11.8. The summed E-state index contributed by atoms with van der Waals surface area (Å²) in [5.74, 6) is 0.188. The summed E-state index contributed by atoms with van der Waals surface area (Å²) >= 11 is 0. The Morgan fingerprint density at radius 3 is 2.69 bits per heavy atom. The van der Waals surface area contributed by atoms with Crippen molar-refractivity contribution in [3.63, 3.8) is 0 Å². The highest BCUT2D eigenvalue weighted by molar-refractivity contribution is 6.16. The number of carbonyl (C=O) groups is 2. The van der Waals surface area contributed by atoms with E-state index in [9.17, 15) is 9.59 Å². The van der Waals surface area contributed by atoms with Gasteiger partial charge in [0.25, 0.3) is 5.91 Å². The van der Waals surface area contributed by atoms with Gasteiger partial charge in [0.05, 0.1) is 16.9 Å². The number of para-hydroxylation sites is 1. The predicted molar refractivity (Wildman–Crippen MR) is 141 cm³/mol. The highest BCUT2D eigenvalue weighted by Gasteiger charge is 2.30. The average molecular weight is 499 g/mol. The Kier molecular flexibility index (Phi) is 8.59. The number of urea groups is 1. The highest BCUT2D eigenvalue weighted by atomic mass is 35.5. The number of anilines is 3. The van der Waals surface area contributed by atoms with Gasteiger partial charge in [0.1, 0.15) is 0 Å². The highest BCUT2D eigenvalue weighted by Crippen LogP contribution is 2.36. The molecule has 2 saturated heterocycles. The first-order valence-corrected chi connectivity index (χ1v) is 12.6. The van der Waals surface area contributed by atoms with E-state index in [1.54, 1.807) is 36.5 Å². The van der Waals surface area contributed by atoms with E-state index in [1.165, 1.54) is 56.5 Å². The molecule has 3 aliphatic rings.